The summed E-state index contributed by atoms with van der Waals surface area (Å²) in [6.07, 6.45) is -23.9. The molecule has 4 saturated heterocycles. The van der Waals surface area contributed by atoms with Gasteiger partial charge in [-0.25, -0.2) is 0 Å². The number of nitrogens with two attached hydrogens (primary N) is 4. The molecule has 4 aromatic rings. The van der Waals surface area contributed by atoms with E-state index in [4.69, 9.17) is 143 Å². The summed E-state index contributed by atoms with van der Waals surface area (Å²) in [7, 11) is 2.14. The maximum absolute atomic E-state index is 13.6. The van der Waals surface area contributed by atoms with Gasteiger partial charge in [-0.2, -0.15) is 0 Å². The number of carbonyl (C=O) groups is 4. The van der Waals surface area contributed by atoms with Crippen molar-refractivity contribution < 1.29 is 157 Å². The average molecular weight is 1730 g/mol. The number of hydrogen-bond acceptors (Lipinski definition) is 24. The number of methoxy groups -OCH3 is 8. The molecule has 8 aliphatic heterocycles. The highest BCUT2D eigenvalue weighted by Gasteiger charge is 2.47. The van der Waals surface area contributed by atoms with Crippen LogP contribution in [-0.4, -0.2) is 201 Å². The molecule has 0 aliphatic carbocycles. The number of esters is 4. The van der Waals surface area contributed by atoms with Crippen LogP contribution in [0, 0.1) is 70.8 Å². The Morgan fingerprint density at radius 2 is 0.583 bits per heavy atom. The van der Waals surface area contributed by atoms with Crippen LogP contribution in [0.3, 0.4) is 0 Å². The van der Waals surface area contributed by atoms with E-state index in [1.165, 1.54) is 84.0 Å². The predicted molar refractivity (Wildman–Crippen MR) is 471 cm³/mol. The molecule has 16 atom stereocenters. The topological polar surface area (TPSA) is 296 Å². The molecular formula is C96H152N8O16. The van der Waals surface area contributed by atoms with Crippen LogP contribution in [-0.2, 0) is 63.8 Å². The van der Waals surface area contributed by atoms with E-state index in [1.54, 1.807) is 67.5 Å². The molecule has 4 aromatic carbocycles. The van der Waals surface area contributed by atoms with Crippen LogP contribution >= 0.6 is 0 Å². The van der Waals surface area contributed by atoms with E-state index in [9.17, 15) is 37.0 Å². The van der Waals surface area contributed by atoms with Crippen LogP contribution in [0.2, 0.25) is 0 Å². The van der Waals surface area contributed by atoms with Gasteiger partial charge in [0.15, 0.2) is 46.0 Å². The quantitative estimate of drug-likeness (QED) is 0.0303. The molecule has 0 aromatic heterocycles. The van der Waals surface area contributed by atoms with Gasteiger partial charge in [0.05, 0.1) is 71.8 Å². The minimum absolute atomic E-state index is 0.0355. The molecular weight excluding hydrogens is 1520 g/mol. The molecule has 8 heterocycles. The zero-order valence-corrected chi connectivity index (χ0v) is 69.6. The van der Waals surface area contributed by atoms with Gasteiger partial charge in [0, 0.05) is 191 Å². The van der Waals surface area contributed by atoms with Gasteiger partial charge in [-0.1, -0.05) is 110 Å². The van der Waals surface area contributed by atoms with Crippen LogP contribution in [0.4, 0.5) is 0 Å². The highest BCUT2D eigenvalue weighted by atomic mass is 16.6. The zero-order chi connectivity index (χ0) is 139. The Morgan fingerprint density at radius 3 is 0.825 bits per heavy atom. The molecule has 120 heavy (non-hydrogen) atoms. The molecule has 0 spiro atoms. The summed E-state index contributed by atoms with van der Waals surface area (Å²) in [5, 5.41) is 0. The minimum Gasteiger partial charge on any atom is -0.493 e. The van der Waals surface area contributed by atoms with Crippen molar-refractivity contribution in [1.29, 1.82) is 0 Å². The van der Waals surface area contributed by atoms with Gasteiger partial charge in [-0.3, -0.25) is 38.8 Å². The van der Waals surface area contributed by atoms with Crippen molar-refractivity contribution in [2.75, 3.05) is 109 Å². The second kappa shape index (κ2) is 43.9. The highest BCUT2D eigenvalue weighted by Crippen LogP contribution is 2.50. The van der Waals surface area contributed by atoms with Crippen LogP contribution in [0.1, 0.15) is 311 Å². The lowest BCUT2D eigenvalue weighted by molar-refractivity contribution is -0.161. The van der Waals surface area contributed by atoms with Gasteiger partial charge in [-0.15, -0.1) is 0 Å². The van der Waals surface area contributed by atoms with Crippen molar-refractivity contribution in [3.05, 3.63) is 93.0 Å². The van der Waals surface area contributed by atoms with Crippen LogP contribution in [0.5, 0.6) is 46.0 Å². The Kier molecular flexibility index (Phi) is 16.0. The van der Waals surface area contributed by atoms with Gasteiger partial charge in [0.25, 0.3) is 0 Å². The molecule has 12 rings (SSSR count). The Balaban J connectivity index is 0.000000261. The first-order chi connectivity index (χ1) is 79.7. The van der Waals surface area contributed by atoms with E-state index in [0.29, 0.717) is 33.8 Å². The predicted octanol–water partition coefficient (Wildman–Crippen LogP) is 14.3. The largest absolute Gasteiger partial charge is 0.493 e. The molecule has 24 heteroatoms. The van der Waals surface area contributed by atoms with Crippen molar-refractivity contribution in [2.45, 2.75) is 260 Å². The van der Waals surface area contributed by atoms with Gasteiger partial charge >= 0.3 is 23.9 Å². The van der Waals surface area contributed by atoms with E-state index in [-0.39, 0.29) is 115 Å². The molecule has 8 N–H and O–H groups in total. The van der Waals surface area contributed by atoms with Gasteiger partial charge in [0.2, 0.25) is 0 Å². The maximum Gasteiger partial charge on any atom is 0.323 e. The number of piperidine rings is 4. The molecule has 8 aliphatic rings. The van der Waals surface area contributed by atoms with Crippen molar-refractivity contribution >= 4 is 23.9 Å². The Morgan fingerprint density at radius 1 is 0.358 bits per heavy atom. The van der Waals surface area contributed by atoms with E-state index in [0.717, 1.165) is 14.7 Å². The van der Waals surface area contributed by atoms with E-state index >= 15 is 0 Å². The number of fused-ring (bicyclic) bond motifs is 12. The maximum atomic E-state index is 13.6. The lowest BCUT2D eigenvalue weighted by Gasteiger charge is -2.47. The lowest BCUT2D eigenvalue weighted by atomic mass is 9.79. The summed E-state index contributed by atoms with van der Waals surface area (Å²) < 4.78 is 553. The molecule has 0 amide bonds. The summed E-state index contributed by atoms with van der Waals surface area (Å²) in [6.45, 7) is -29.7. The number of hydrogen-bond donors (Lipinski definition) is 4. The standard InChI is InChI=1S/4C24H38N2O4/c4*1-14(2)9-17-13-26-8-7-16-10-21(28-5)22(29-6)11-18(16)19(26)12-20(17)30-24(27)23(25)15(3)4/h4*10-11,14-15,17,19-20,23H,7-9,12-13,25H2,1-6H3/t4*17?,19?,20?,23-/m0000/s1/i3D3,4D3,12D2,13D2,15D,17D,20D,23D;2*3D3,4D3,5D3,12D2,13D2,15D,17D,23D;3D3,4D3,12D2,13D2,15D,17D,23D. The van der Waals surface area contributed by atoms with Crippen LogP contribution in [0.15, 0.2) is 48.5 Å². The number of ether oxygens (including phenoxy) is 12. The SMILES string of the molecule is [2H]C([2H])([2H])C([2H])(C([2H])([2H])[2H])[C@]([2H])(N)C(=O)OC1([2H])C([2H])([2H])C2c3cc(OC)c(OC)cc3CCN2C([2H])([2H])C1([2H])CC(C)C.[2H]C([2H])([2H])Oc1cc2c(cc1OC)C1N(CC2)C([2H])([2H])C([2H])(CC(C)C)C(OC(=O)[C@@]([2H])(N)C([2H])(C([2H])([2H])[2H])C([2H])([2H])[2H])C1([2H])[2H].[2H]C([2H])([2H])Oc1cc2c(cc1OC)C1N(CC2)C([2H])([2H])C([2H])(CC(C)C)C(OC(=O)[C@@]([2H])(N)C([2H])(C([2H])([2H])[2H])C([2H])([2H])[2H])C1([2H])[2H].[2H]C1([2H])C2c3cc(OC)c(OC)cc3CCN2C([2H])([2H])C([2H])(CC(C)C)C1OC(=O)[C@@]([2H])(N)C([2H])(C([2H])([2H])[2H])C([2H])([2H])[2H]. The molecule has 0 radical (unpaired) electrons. The fourth-order valence-electron chi connectivity index (χ4n) is 14.5. The summed E-state index contributed by atoms with van der Waals surface area (Å²) >= 11 is 0. The first-order valence-corrected chi connectivity index (χ1v) is 38.6. The Labute approximate surface area is 801 Å². The molecule has 12 unspecified atom stereocenters. The smallest absolute Gasteiger partial charge is 0.323 e. The molecule has 24 nitrogen and oxygen atoms in total. The number of rotatable bonds is 28. The lowest BCUT2D eigenvalue weighted by Crippen LogP contribution is -2.51. The molecule has 4 fully saturated rings. The summed E-state index contributed by atoms with van der Waals surface area (Å²) in [5.41, 5.74) is 25.1. The fourth-order valence-corrected chi connectivity index (χ4v) is 14.5. The average Bonchev–Trinajstić information content (AvgIpc) is 0.665. The first-order valence-electron chi connectivity index (χ1n) is 68.1. The Hall–Kier alpha value is -7.16. The number of carbonyl (C=O) groups excluding carboxylic acids is 4. The van der Waals surface area contributed by atoms with E-state index < -0.39 is 307 Å². The zero-order valence-electron chi connectivity index (χ0n) is 129. The first kappa shape index (κ1) is 43.6. The van der Waals surface area contributed by atoms with Crippen LogP contribution in [0.25, 0.3) is 0 Å². The highest BCUT2D eigenvalue weighted by molar-refractivity contribution is 5.77. The number of benzene rings is 4. The molecule has 0 saturated carbocycles. The normalized spacial score (nSPS) is 41.0. The summed E-state index contributed by atoms with van der Waals surface area (Å²) in [6, 6.07) is -10.9. The van der Waals surface area contributed by atoms with Gasteiger partial charge < -0.3 is 79.8 Å². The summed E-state index contributed by atoms with van der Waals surface area (Å²) in [5.74, 6) is -37.2. The molecule has 0 bridgehead atoms. The fraction of sp³-hybridized carbons (Fsp3) is 0.708. The van der Waals surface area contributed by atoms with Crippen molar-refractivity contribution in [3.8, 4) is 46.0 Å². The van der Waals surface area contributed by atoms with Gasteiger partial charge in [-0.05, 0) is 192 Å². The second-order valence-electron chi connectivity index (χ2n) is 30.6. The number of nitrogens with zero attached hydrogens (tertiary/aromatic N) is 4. The monoisotopic (exact) mass is 1730 g/mol. The van der Waals surface area contributed by atoms with Crippen molar-refractivity contribution in [1.82, 2.24) is 19.6 Å². The van der Waals surface area contributed by atoms with Crippen molar-refractivity contribution in [3.63, 3.8) is 0 Å². The minimum atomic E-state index is -4.03. The van der Waals surface area contributed by atoms with Gasteiger partial charge in [0.1, 0.15) is 48.5 Å². The third-order valence-corrected chi connectivity index (χ3v) is 20.2. The third-order valence-electron chi connectivity index (χ3n) is 20.2. The molecule has 672 valence electrons. The summed E-state index contributed by atoms with van der Waals surface area (Å²) in [4.78, 5) is 58.8. The third kappa shape index (κ3) is 23.8. The van der Waals surface area contributed by atoms with E-state index in [2.05, 4.69) is 0 Å². The van der Waals surface area contributed by atoms with E-state index in [1.807, 2.05) is 0 Å². The van der Waals surface area contributed by atoms with Crippen LogP contribution < -0.4 is 60.8 Å². The Bertz CT molecular complexity index is 6480. The second-order valence-corrected chi connectivity index (χ2v) is 30.6. The van der Waals surface area contributed by atoms with Crippen molar-refractivity contribution in [2.24, 2.45) is 93.8 Å².